The maximum atomic E-state index is 12.3. The van der Waals surface area contributed by atoms with Gasteiger partial charge in [0.2, 0.25) is 11.8 Å². The highest BCUT2D eigenvalue weighted by molar-refractivity contribution is 5.89. The Labute approximate surface area is 119 Å². The number of likely N-dealkylation sites (tertiary alicyclic amines) is 1. The first-order valence-corrected chi connectivity index (χ1v) is 7.91. The molecule has 0 aromatic heterocycles. The van der Waals surface area contributed by atoms with E-state index in [-0.39, 0.29) is 29.9 Å². The molecular weight excluding hydrogens is 256 g/mol. The summed E-state index contributed by atoms with van der Waals surface area (Å²) in [7, 11) is 0. The average Bonchev–Trinajstić information content (AvgIpc) is 3.02. The first kappa shape index (κ1) is 13.9. The molecule has 0 aromatic rings. The summed E-state index contributed by atoms with van der Waals surface area (Å²) in [6, 6.07) is -0.255. The summed E-state index contributed by atoms with van der Waals surface area (Å²) in [6.07, 6.45) is 6.11. The van der Waals surface area contributed by atoms with Gasteiger partial charge in [-0.2, -0.15) is 0 Å². The molecule has 3 fully saturated rings. The smallest absolute Gasteiger partial charge is 0.242 e. The Bertz CT molecular complexity index is 395. The number of nitrogens with one attached hydrogen (secondary N) is 1. The third-order valence-corrected chi connectivity index (χ3v) is 4.84. The Morgan fingerprint density at radius 2 is 1.95 bits per heavy atom. The van der Waals surface area contributed by atoms with Crippen molar-refractivity contribution in [2.75, 3.05) is 13.1 Å². The molecule has 1 saturated heterocycles. The Hall–Kier alpha value is -1.10. The molecule has 2 amide bonds. The van der Waals surface area contributed by atoms with Gasteiger partial charge in [0.1, 0.15) is 6.04 Å². The van der Waals surface area contributed by atoms with Crippen LogP contribution in [0.25, 0.3) is 0 Å². The van der Waals surface area contributed by atoms with Crippen LogP contribution in [0.3, 0.4) is 0 Å². The van der Waals surface area contributed by atoms with E-state index < -0.39 is 0 Å². The Morgan fingerprint density at radius 1 is 1.15 bits per heavy atom. The van der Waals surface area contributed by atoms with Crippen LogP contribution in [0.5, 0.6) is 0 Å². The van der Waals surface area contributed by atoms with Crippen LogP contribution in [0, 0.1) is 11.8 Å². The van der Waals surface area contributed by atoms with Crippen LogP contribution < -0.4 is 5.32 Å². The Balaban J connectivity index is 1.49. The molecule has 2 N–H and O–H groups in total. The summed E-state index contributed by atoms with van der Waals surface area (Å²) < 4.78 is 0. The van der Waals surface area contributed by atoms with Gasteiger partial charge in [-0.3, -0.25) is 9.59 Å². The van der Waals surface area contributed by atoms with E-state index in [2.05, 4.69) is 5.32 Å². The molecule has 0 bridgehead atoms. The molecule has 3 rings (SSSR count). The van der Waals surface area contributed by atoms with Crippen molar-refractivity contribution in [3.05, 3.63) is 0 Å². The van der Waals surface area contributed by atoms with Crippen molar-refractivity contribution in [3.8, 4) is 0 Å². The van der Waals surface area contributed by atoms with E-state index in [1.165, 1.54) is 0 Å². The van der Waals surface area contributed by atoms with Crippen LogP contribution in [-0.2, 0) is 9.59 Å². The number of nitrogens with zero attached hydrogens (tertiary/aromatic N) is 1. The van der Waals surface area contributed by atoms with E-state index in [4.69, 9.17) is 0 Å². The summed E-state index contributed by atoms with van der Waals surface area (Å²) in [5, 5.41) is 12.5. The van der Waals surface area contributed by atoms with Crippen LogP contribution in [0.4, 0.5) is 0 Å². The third kappa shape index (κ3) is 2.97. The maximum Gasteiger partial charge on any atom is 0.242 e. The second-order valence-electron chi connectivity index (χ2n) is 6.54. The fourth-order valence-electron chi connectivity index (χ4n) is 3.46. The third-order valence-electron chi connectivity index (χ3n) is 4.84. The SMILES string of the molecule is O=C(NCC1CCC(O)C1)C1CCCN1C(=O)C1CC1. The van der Waals surface area contributed by atoms with Gasteiger partial charge in [0.05, 0.1) is 6.10 Å². The number of carbonyl (C=O) groups excluding carboxylic acids is 2. The number of carbonyl (C=O) groups is 2. The van der Waals surface area contributed by atoms with E-state index in [9.17, 15) is 14.7 Å². The normalized spacial score (nSPS) is 33.5. The summed E-state index contributed by atoms with van der Waals surface area (Å²) in [5.74, 6) is 0.758. The van der Waals surface area contributed by atoms with Gasteiger partial charge in [0.15, 0.2) is 0 Å². The Morgan fingerprint density at radius 3 is 2.60 bits per heavy atom. The average molecular weight is 280 g/mol. The van der Waals surface area contributed by atoms with E-state index in [0.717, 1.165) is 51.5 Å². The minimum Gasteiger partial charge on any atom is -0.393 e. The van der Waals surface area contributed by atoms with Gasteiger partial charge in [-0.25, -0.2) is 0 Å². The second kappa shape index (κ2) is 5.72. The topological polar surface area (TPSA) is 69.6 Å². The van der Waals surface area contributed by atoms with Crippen LogP contribution in [0.1, 0.15) is 44.9 Å². The van der Waals surface area contributed by atoms with E-state index >= 15 is 0 Å². The number of rotatable bonds is 4. The minimum atomic E-state index is -0.255. The lowest BCUT2D eigenvalue weighted by atomic mass is 10.1. The predicted octanol–water partition coefficient (Wildman–Crippen LogP) is 0.665. The highest BCUT2D eigenvalue weighted by Gasteiger charge is 2.40. The van der Waals surface area contributed by atoms with Gasteiger partial charge in [0.25, 0.3) is 0 Å². The van der Waals surface area contributed by atoms with E-state index in [0.29, 0.717) is 12.5 Å². The van der Waals surface area contributed by atoms with Gasteiger partial charge < -0.3 is 15.3 Å². The molecule has 5 nitrogen and oxygen atoms in total. The first-order valence-electron chi connectivity index (χ1n) is 7.91. The van der Waals surface area contributed by atoms with Gasteiger partial charge in [0, 0.05) is 19.0 Å². The van der Waals surface area contributed by atoms with Gasteiger partial charge in [-0.05, 0) is 50.9 Å². The minimum absolute atomic E-state index is 0.00195. The zero-order valence-corrected chi connectivity index (χ0v) is 11.9. The van der Waals surface area contributed by atoms with Crippen molar-refractivity contribution in [1.82, 2.24) is 10.2 Å². The Kier molecular flexibility index (Phi) is 3.96. The molecule has 20 heavy (non-hydrogen) atoms. The molecule has 112 valence electrons. The summed E-state index contributed by atoms with van der Waals surface area (Å²) in [6.45, 7) is 1.37. The molecule has 3 unspecified atom stereocenters. The van der Waals surface area contributed by atoms with Crippen molar-refractivity contribution < 1.29 is 14.7 Å². The molecule has 2 aliphatic carbocycles. The summed E-state index contributed by atoms with van der Waals surface area (Å²) >= 11 is 0. The molecular formula is C15H24N2O3. The fraction of sp³-hybridized carbons (Fsp3) is 0.867. The molecule has 0 aromatic carbocycles. The molecule has 1 heterocycles. The fourth-order valence-corrected chi connectivity index (χ4v) is 3.46. The van der Waals surface area contributed by atoms with E-state index in [1.54, 1.807) is 4.90 Å². The number of aliphatic hydroxyl groups excluding tert-OH is 1. The molecule has 5 heteroatoms. The predicted molar refractivity (Wildman–Crippen MR) is 73.8 cm³/mol. The van der Waals surface area contributed by atoms with Crippen molar-refractivity contribution in [1.29, 1.82) is 0 Å². The highest BCUT2D eigenvalue weighted by Crippen LogP contribution is 2.33. The lowest BCUT2D eigenvalue weighted by molar-refractivity contribution is -0.139. The number of hydrogen-bond donors (Lipinski definition) is 2. The monoisotopic (exact) mass is 280 g/mol. The molecule has 0 radical (unpaired) electrons. The van der Waals surface area contributed by atoms with Crippen molar-refractivity contribution in [3.63, 3.8) is 0 Å². The van der Waals surface area contributed by atoms with Gasteiger partial charge in [-0.1, -0.05) is 0 Å². The molecule has 0 spiro atoms. The molecule has 3 atom stereocenters. The summed E-state index contributed by atoms with van der Waals surface area (Å²) in [5.41, 5.74) is 0. The van der Waals surface area contributed by atoms with Crippen LogP contribution in [-0.4, -0.2) is 47.1 Å². The number of aliphatic hydroxyl groups is 1. The van der Waals surface area contributed by atoms with Crippen molar-refractivity contribution in [2.24, 2.45) is 11.8 Å². The standard InChI is InChI=1S/C15H24N2O3/c18-12-6-3-10(8-12)9-16-14(19)13-2-1-7-17(13)15(20)11-4-5-11/h10-13,18H,1-9H2,(H,16,19). The number of hydrogen-bond acceptors (Lipinski definition) is 3. The van der Waals surface area contributed by atoms with Crippen LogP contribution in [0.2, 0.25) is 0 Å². The molecule has 2 saturated carbocycles. The molecule has 3 aliphatic rings. The second-order valence-corrected chi connectivity index (χ2v) is 6.54. The zero-order chi connectivity index (χ0) is 14.1. The lowest BCUT2D eigenvalue weighted by Gasteiger charge is -2.24. The van der Waals surface area contributed by atoms with Crippen molar-refractivity contribution >= 4 is 11.8 Å². The molecule has 1 aliphatic heterocycles. The lowest BCUT2D eigenvalue weighted by Crippen LogP contribution is -2.47. The highest BCUT2D eigenvalue weighted by atomic mass is 16.3. The first-order chi connectivity index (χ1) is 9.65. The largest absolute Gasteiger partial charge is 0.393 e. The number of amides is 2. The summed E-state index contributed by atoms with van der Waals surface area (Å²) in [4.78, 5) is 26.2. The quantitative estimate of drug-likeness (QED) is 0.795. The van der Waals surface area contributed by atoms with Gasteiger partial charge >= 0.3 is 0 Å². The van der Waals surface area contributed by atoms with Gasteiger partial charge in [-0.15, -0.1) is 0 Å². The van der Waals surface area contributed by atoms with E-state index in [1.807, 2.05) is 0 Å². The maximum absolute atomic E-state index is 12.3. The van der Waals surface area contributed by atoms with Crippen molar-refractivity contribution in [2.45, 2.75) is 57.1 Å². The van der Waals surface area contributed by atoms with Crippen LogP contribution in [0.15, 0.2) is 0 Å². The van der Waals surface area contributed by atoms with Crippen LogP contribution >= 0.6 is 0 Å². The zero-order valence-electron chi connectivity index (χ0n) is 11.9.